The highest BCUT2D eigenvalue weighted by Crippen LogP contribution is 2.36. The van der Waals surface area contributed by atoms with Crippen molar-refractivity contribution in [2.24, 2.45) is 11.8 Å². The fourth-order valence-corrected chi connectivity index (χ4v) is 6.31. The van der Waals surface area contributed by atoms with Crippen LogP contribution in [0.2, 0.25) is 0 Å². The lowest BCUT2D eigenvalue weighted by Crippen LogP contribution is -2.59. The molecular formula is C25H41N7OS. The number of thiocarbonyl (C=S) groups is 1. The minimum Gasteiger partial charge on any atom is -0.379 e. The highest BCUT2D eigenvalue weighted by molar-refractivity contribution is 7.80. The standard InChI is InChI=1S/C25H41N7OS/c34-25(27-6-8-29-13-15-33-16-14-29)28-18-23-17-21-4-7-32(23)20-22(21)19-30-9-11-31(12-10-30)24-3-1-2-5-26-24/h1-3,5,21-23H,4,6-20H2,(H2,27,28,34). The molecule has 4 unspecified atom stereocenters. The topological polar surface area (TPSA) is 59.1 Å². The molecule has 4 atom stereocenters. The van der Waals surface area contributed by atoms with Crippen LogP contribution < -0.4 is 15.5 Å². The van der Waals surface area contributed by atoms with Gasteiger partial charge in [-0.1, -0.05) is 6.07 Å². The van der Waals surface area contributed by atoms with E-state index >= 15 is 0 Å². The predicted molar refractivity (Wildman–Crippen MR) is 140 cm³/mol. The Bertz CT molecular complexity index is 770. The summed E-state index contributed by atoms with van der Waals surface area (Å²) in [5.41, 5.74) is 0. The zero-order valence-electron chi connectivity index (χ0n) is 20.4. The summed E-state index contributed by atoms with van der Waals surface area (Å²) in [5, 5.41) is 7.71. The number of ether oxygens (including phenoxy) is 1. The highest BCUT2D eigenvalue weighted by Gasteiger charge is 2.40. The van der Waals surface area contributed by atoms with Crippen molar-refractivity contribution in [2.45, 2.75) is 18.9 Å². The molecule has 34 heavy (non-hydrogen) atoms. The van der Waals surface area contributed by atoms with E-state index in [9.17, 15) is 0 Å². The van der Waals surface area contributed by atoms with Gasteiger partial charge in [0.15, 0.2) is 5.11 Å². The van der Waals surface area contributed by atoms with Crippen LogP contribution in [0.3, 0.4) is 0 Å². The van der Waals surface area contributed by atoms with Crippen molar-refractivity contribution in [3.63, 3.8) is 0 Å². The summed E-state index contributed by atoms with van der Waals surface area (Å²) in [4.78, 5) is 14.8. The molecule has 0 spiro atoms. The maximum absolute atomic E-state index is 5.55. The molecule has 5 fully saturated rings. The Balaban J connectivity index is 0.993. The van der Waals surface area contributed by atoms with Gasteiger partial charge < -0.3 is 20.3 Å². The molecule has 2 N–H and O–H groups in total. The number of aromatic nitrogens is 1. The summed E-state index contributed by atoms with van der Waals surface area (Å²) >= 11 is 5.55. The molecule has 6 rings (SSSR count). The third-order valence-electron chi connectivity index (χ3n) is 8.17. The molecule has 8 nitrogen and oxygen atoms in total. The Morgan fingerprint density at radius 1 is 1.03 bits per heavy atom. The van der Waals surface area contributed by atoms with Gasteiger partial charge in [0.1, 0.15) is 5.82 Å². The summed E-state index contributed by atoms with van der Waals surface area (Å²) in [6.45, 7) is 14.9. The second-order valence-corrected chi connectivity index (χ2v) is 10.7. The van der Waals surface area contributed by atoms with Gasteiger partial charge in [-0.05, 0) is 55.6 Å². The van der Waals surface area contributed by atoms with Gasteiger partial charge in [-0.3, -0.25) is 14.7 Å². The van der Waals surface area contributed by atoms with Crippen LogP contribution in [0, 0.1) is 11.8 Å². The van der Waals surface area contributed by atoms with Gasteiger partial charge in [0.2, 0.25) is 0 Å². The van der Waals surface area contributed by atoms with Crippen molar-refractivity contribution >= 4 is 23.1 Å². The second-order valence-electron chi connectivity index (χ2n) is 10.3. The maximum Gasteiger partial charge on any atom is 0.166 e. The molecular weight excluding hydrogens is 446 g/mol. The van der Waals surface area contributed by atoms with Crippen molar-refractivity contribution in [3.05, 3.63) is 24.4 Å². The number of nitrogens with one attached hydrogen (secondary N) is 2. The van der Waals surface area contributed by atoms with E-state index in [0.29, 0.717) is 6.04 Å². The van der Waals surface area contributed by atoms with E-state index in [1.807, 2.05) is 12.3 Å². The molecule has 0 saturated carbocycles. The van der Waals surface area contributed by atoms with E-state index in [4.69, 9.17) is 17.0 Å². The zero-order valence-corrected chi connectivity index (χ0v) is 21.2. The molecule has 0 aromatic carbocycles. The lowest BCUT2D eigenvalue weighted by atomic mass is 9.75. The maximum atomic E-state index is 5.55. The van der Waals surface area contributed by atoms with Crippen LogP contribution in [0.25, 0.3) is 0 Å². The van der Waals surface area contributed by atoms with Crippen LogP contribution in [0.15, 0.2) is 24.4 Å². The number of hydrogen-bond acceptors (Lipinski definition) is 7. The monoisotopic (exact) mass is 487 g/mol. The van der Waals surface area contributed by atoms with E-state index in [-0.39, 0.29) is 0 Å². The average molecular weight is 488 g/mol. The molecule has 2 bridgehead atoms. The van der Waals surface area contributed by atoms with Crippen LogP contribution in [0.4, 0.5) is 5.82 Å². The van der Waals surface area contributed by atoms with Crippen molar-refractivity contribution in [2.75, 3.05) is 96.7 Å². The largest absolute Gasteiger partial charge is 0.379 e. The molecule has 9 heteroatoms. The first-order chi connectivity index (χ1) is 16.7. The minimum atomic E-state index is 0.620. The molecule has 5 aliphatic heterocycles. The Kier molecular flexibility index (Phi) is 8.50. The molecule has 0 amide bonds. The smallest absolute Gasteiger partial charge is 0.166 e. The summed E-state index contributed by atoms with van der Waals surface area (Å²) in [7, 11) is 0. The number of rotatable bonds is 8. The quantitative estimate of drug-likeness (QED) is 0.516. The molecule has 6 heterocycles. The first kappa shape index (κ1) is 24.2. The molecule has 5 saturated heterocycles. The number of pyridine rings is 1. The van der Waals surface area contributed by atoms with E-state index in [1.165, 1.54) is 32.5 Å². The number of morpholine rings is 1. The third-order valence-corrected chi connectivity index (χ3v) is 8.46. The van der Waals surface area contributed by atoms with Gasteiger partial charge in [-0.15, -0.1) is 0 Å². The number of piperazine rings is 1. The Morgan fingerprint density at radius 3 is 2.62 bits per heavy atom. The Hall–Kier alpha value is -1.52. The first-order valence-electron chi connectivity index (χ1n) is 13.2. The number of piperidine rings is 3. The summed E-state index contributed by atoms with van der Waals surface area (Å²) in [5.74, 6) is 2.78. The van der Waals surface area contributed by atoms with E-state index in [2.05, 4.69) is 47.3 Å². The summed E-state index contributed by atoms with van der Waals surface area (Å²) in [6, 6.07) is 6.83. The van der Waals surface area contributed by atoms with Crippen molar-refractivity contribution in [1.82, 2.24) is 30.3 Å². The predicted octanol–water partition coefficient (Wildman–Crippen LogP) is 0.710. The Labute approximate surface area is 210 Å². The fraction of sp³-hybridized carbons (Fsp3) is 0.760. The van der Waals surface area contributed by atoms with Gasteiger partial charge in [-0.25, -0.2) is 4.98 Å². The second kappa shape index (κ2) is 11.9. The average Bonchev–Trinajstić information content (AvgIpc) is 2.90. The molecule has 188 valence electrons. The van der Waals surface area contributed by atoms with Crippen LogP contribution >= 0.6 is 12.2 Å². The van der Waals surface area contributed by atoms with E-state index in [0.717, 1.165) is 94.9 Å². The summed E-state index contributed by atoms with van der Waals surface area (Å²) < 4.78 is 5.42. The van der Waals surface area contributed by atoms with Gasteiger partial charge in [0.25, 0.3) is 0 Å². The van der Waals surface area contributed by atoms with Crippen LogP contribution in [0.5, 0.6) is 0 Å². The van der Waals surface area contributed by atoms with Crippen molar-refractivity contribution in [3.8, 4) is 0 Å². The molecule has 0 radical (unpaired) electrons. The van der Waals surface area contributed by atoms with Gasteiger partial charge in [-0.2, -0.15) is 0 Å². The van der Waals surface area contributed by atoms with Gasteiger partial charge >= 0.3 is 0 Å². The molecule has 0 aliphatic carbocycles. The van der Waals surface area contributed by atoms with E-state index < -0.39 is 0 Å². The number of fused-ring (bicyclic) bond motifs is 3. The minimum absolute atomic E-state index is 0.620. The van der Waals surface area contributed by atoms with Crippen molar-refractivity contribution in [1.29, 1.82) is 0 Å². The van der Waals surface area contributed by atoms with Crippen LogP contribution in [-0.4, -0.2) is 123 Å². The van der Waals surface area contributed by atoms with Crippen LogP contribution in [0.1, 0.15) is 12.8 Å². The van der Waals surface area contributed by atoms with E-state index in [1.54, 1.807) is 0 Å². The molecule has 1 aromatic rings. The summed E-state index contributed by atoms with van der Waals surface area (Å²) in [6.07, 6.45) is 4.56. The lowest BCUT2D eigenvalue weighted by Gasteiger charge is -2.51. The highest BCUT2D eigenvalue weighted by atomic mass is 32.1. The normalized spacial score (nSPS) is 30.3. The van der Waals surface area contributed by atoms with Crippen molar-refractivity contribution < 1.29 is 4.74 Å². The van der Waals surface area contributed by atoms with Gasteiger partial charge in [0.05, 0.1) is 13.2 Å². The van der Waals surface area contributed by atoms with Gasteiger partial charge in [0, 0.05) is 84.2 Å². The molecule has 1 aromatic heterocycles. The fourth-order valence-electron chi connectivity index (χ4n) is 6.13. The Morgan fingerprint density at radius 2 is 1.88 bits per heavy atom. The number of nitrogens with zero attached hydrogens (tertiary/aromatic N) is 5. The first-order valence-corrected chi connectivity index (χ1v) is 13.6. The number of hydrogen-bond donors (Lipinski definition) is 2. The third kappa shape index (κ3) is 6.37. The van der Waals surface area contributed by atoms with Crippen LogP contribution in [-0.2, 0) is 4.74 Å². The zero-order chi connectivity index (χ0) is 23.2. The lowest BCUT2D eigenvalue weighted by molar-refractivity contribution is -0.0110. The molecule has 5 aliphatic rings. The number of anilines is 1. The SMILES string of the molecule is S=C(NCCN1CCOCC1)NCC1CC2CCN1CC2CN1CCN(c2ccccn2)CC1.